The predicted octanol–water partition coefficient (Wildman–Crippen LogP) is 2.43. The number of benzene rings is 1. The van der Waals surface area contributed by atoms with Gasteiger partial charge in [0.25, 0.3) is 5.91 Å². The summed E-state index contributed by atoms with van der Waals surface area (Å²) in [6, 6.07) is 9.07. The van der Waals surface area contributed by atoms with E-state index in [0.717, 1.165) is 50.2 Å². The summed E-state index contributed by atoms with van der Waals surface area (Å²) in [6.45, 7) is 4.01. The average molecular weight is 410 g/mol. The normalized spacial score (nSPS) is 23.9. The van der Waals surface area contributed by atoms with Crippen LogP contribution in [0.25, 0.3) is 0 Å². The van der Waals surface area contributed by atoms with Crippen molar-refractivity contribution in [3.05, 3.63) is 46.8 Å². The van der Waals surface area contributed by atoms with Crippen molar-refractivity contribution in [1.82, 2.24) is 20.4 Å². The van der Waals surface area contributed by atoms with E-state index in [2.05, 4.69) is 63.7 Å². The second-order valence-electron chi connectivity index (χ2n) is 9.32. The number of carbonyl (C=O) groups excluding carboxylic acids is 1. The van der Waals surface area contributed by atoms with Crippen LogP contribution >= 0.6 is 0 Å². The number of anilines is 1. The van der Waals surface area contributed by atoms with Gasteiger partial charge in [-0.3, -0.25) is 14.8 Å². The number of amides is 1. The highest BCUT2D eigenvalue weighted by atomic mass is 16.5. The lowest BCUT2D eigenvalue weighted by molar-refractivity contribution is 0.0508. The number of likely N-dealkylation sites (tertiary alicyclic amines) is 1. The fraction of sp³-hybridized carbons (Fsp3) is 0.565. The summed E-state index contributed by atoms with van der Waals surface area (Å²) in [6.07, 6.45) is 4.36. The van der Waals surface area contributed by atoms with Gasteiger partial charge in [-0.2, -0.15) is 5.10 Å². The number of nitrogens with one attached hydrogen (secondary N) is 2. The third-order valence-corrected chi connectivity index (χ3v) is 6.97. The van der Waals surface area contributed by atoms with Crippen LogP contribution in [0.4, 0.5) is 5.69 Å². The van der Waals surface area contributed by atoms with Crippen LogP contribution in [0.2, 0.25) is 0 Å². The number of hydrogen-bond acceptors (Lipinski definition) is 5. The standard InChI is InChI=1S/C23H31N5O2/c1-27(2)18-8-6-16(7-9-18)12-28-11-10-23(14-28)15-30-13-19-20(25-26-21(19)23)22(29)24-17-4-3-5-17/h6-9,17H,3-5,10-15H2,1-2H3,(H,24,29)(H,25,26)/t23-/m0/s1. The maximum absolute atomic E-state index is 12.7. The van der Waals surface area contributed by atoms with E-state index in [0.29, 0.717) is 24.9 Å². The Kier molecular flexibility index (Phi) is 5.03. The number of fused-ring (bicyclic) bond motifs is 2. The van der Waals surface area contributed by atoms with Gasteiger partial charge in [-0.15, -0.1) is 0 Å². The first kappa shape index (κ1) is 19.6. The molecule has 1 spiro atoms. The van der Waals surface area contributed by atoms with Crippen LogP contribution in [-0.4, -0.2) is 60.8 Å². The highest BCUT2D eigenvalue weighted by Gasteiger charge is 2.46. The lowest BCUT2D eigenvalue weighted by Gasteiger charge is -2.33. The summed E-state index contributed by atoms with van der Waals surface area (Å²) in [7, 11) is 4.12. The topological polar surface area (TPSA) is 73.5 Å². The molecule has 1 saturated carbocycles. The van der Waals surface area contributed by atoms with Gasteiger partial charge >= 0.3 is 0 Å². The Morgan fingerprint density at radius 1 is 1.33 bits per heavy atom. The van der Waals surface area contributed by atoms with E-state index >= 15 is 0 Å². The molecule has 160 valence electrons. The van der Waals surface area contributed by atoms with Gasteiger partial charge in [0.2, 0.25) is 0 Å². The van der Waals surface area contributed by atoms with Crippen molar-refractivity contribution in [3.63, 3.8) is 0 Å². The van der Waals surface area contributed by atoms with E-state index in [1.807, 2.05) is 0 Å². The molecule has 2 aliphatic heterocycles. The first-order chi connectivity index (χ1) is 14.5. The molecule has 1 atom stereocenters. The van der Waals surface area contributed by atoms with E-state index in [1.165, 1.54) is 17.7 Å². The number of carbonyl (C=O) groups is 1. The van der Waals surface area contributed by atoms with Gasteiger partial charge in [0, 0.05) is 49.9 Å². The Balaban J connectivity index is 1.30. The molecule has 2 N–H and O–H groups in total. The van der Waals surface area contributed by atoms with E-state index in [1.54, 1.807) is 0 Å². The van der Waals surface area contributed by atoms with Crippen LogP contribution in [0.3, 0.4) is 0 Å². The molecule has 1 aliphatic carbocycles. The molecule has 0 bridgehead atoms. The van der Waals surface area contributed by atoms with Gasteiger partial charge in [-0.25, -0.2) is 0 Å². The molecule has 2 fully saturated rings. The minimum atomic E-state index is -0.0981. The van der Waals surface area contributed by atoms with Crippen LogP contribution in [0, 0.1) is 0 Å². The van der Waals surface area contributed by atoms with Crippen molar-refractivity contribution in [2.24, 2.45) is 0 Å². The number of H-pyrrole nitrogens is 1. The van der Waals surface area contributed by atoms with Gasteiger partial charge in [0.05, 0.1) is 18.9 Å². The first-order valence-corrected chi connectivity index (χ1v) is 11.0. The van der Waals surface area contributed by atoms with E-state index < -0.39 is 0 Å². The number of hydrogen-bond donors (Lipinski definition) is 2. The monoisotopic (exact) mass is 409 g/mol. The number of rotatable bonds is 5. The molecule has 3 aliphatic rings. The van der Waals surface area contributed by atoms with Crippen LogP contribution in [0.1, 0.15) is 53.0 Å². The second kappa shape index (κ2) is 7.71. The minimum absolute atomic E-state index is 0.0614. The Bertz CT molecular complexity index is 918. The second-order valence-corrected chi connectivity index (χ2v) is 9.32. The van der Waals surface area contributed by atoms with Crippen molar-refractivity contribution in [1.29, 1.82) is 0 Å². The third kappa shape index (κ3) is 3.50. The molecule has 30 heavy (non-hydrogen) atoms. The zero-order chi connectivity index (χ0) is 20.7. The van der Waals surface area contributed by atoms with Crippen LogP contribution in [-0.2, 0) is 23.3 Å². The molecule has 7 heteroatoms. The van der Waals surface area contributed by atoms with Crippen LogP contribution < -0.4 is 10.2 Å². The molecular weight excluding hydrogens is 378 g/mol. The minimum Gasteiger partial charge on any atom is -0.378 e. The molecule has 3 heterocycles. The predicted molar refractivity (Wildman–Crippen MR) is 116 cm³/mol. The Hall–Kier alpha value is -2.38. The molecule has 7 nitrogen and oxygen atoms in total. The number of aromatic amines is 1. The summed E-state index contributed by atoms with van der Waals surface area (Å²) in [5.74, 6) is -0.0614. The fourth-order valence-electron chi connectivity index (χ4n) is 4.93. The molecule has 2 aromatic rings. The average Bonchev–Trinajstić information content (AvgIpc) is 3.31. The number of ether oxygens (including phenoxy) is 1. The summed E-state index contributed by atoms with van der Waals surface area (Å²) in [5.41, 5.74) is 5.02. The highest BCUT2D eigenvalue weighted by molar-refractivity contribution is 5.94. The summed E-state index contributed by atoms with van der Waals surface area (Å²) in [5, 5.41) is 10.8. The van der Waals surface area contributed by atoms with Crippen molar-refractivity contribution < 1.29 is 9.53 Å². The Morgan fingerprint density at radius 3 is 2.83 bits per heavy atom. The van der Waals surface area contributed by atoms with E-state index in [-0.39, 0.29) is 11.3 Å². The zero-order valence-corrected chi connectivity index (χ0v) is 17.9. The van der Waals surface area contributed by atoms with Crippen LogP contribution in [0.15, 0.2) is 24.3 Å². The molecular formula is C23H31N5O2. The molecule has 5 rings (SSSR count). The van der Waals surface area contributed by atoms with Crippen molar-refractivity contribution in [3.8, 4) is 0 Å². The lowest BCUT2D eigenvalue weighted by atomic mass is 9.80. The van der Waals surface area contributed by atoms with Gasteiger partial charge in [0.1, 0.15) is 0 Å². The molecule has 1 aromatic carbocycles. The maximum Gasteiger partial charge on any atom is 0.272 e. The van der Waals surface area contributed by atoms with Gasteiger partial charge in [-0.05, 0) is 49.9 Å². The summed E-state index contributed by atoms with van der Waals surface area (Å²) in [4.78, 5) is 17.3. The van der Waals surface area contributed by atoms with Gasteiger partial charge in [-0.1, -0.05) is 12.1 Å². The molecule has 1 saturated heterocycles. The molecule has 0 unspecified atom stereocenters. The summed E-state index contributed by atoms with van der Waals surface area (Å²) >= 11 is 0. The lowest BCUT2D eigenvalue weighted by Crippen LogP contribution is -2.41. The van der Waals surface area contributed by atoms with Gasteiger partial charge < -0.3 is 15.0 Å². The summed E-state index contributed by atoms with van der Waals surface area (Å²) < 4.78 is 6.00. The van der Waals surface area contributed by atoms with E-state index in [9.17, 15) is 4.79 Å². The maximum atomic E-state index is 12.7. The zero-order valence-electron chi connectivity index (χ0n) is 17.9. The van der Waals surface area contributed by atoms with Gasteiger partial charge in [0.15, 0.2) is 5.69 Å². The largest absolute Gasteiger partial charge is 0.378 e. The number of aromatic nitrogens is 2. The fourth-order valence-corrected chi connectivity index (χ4v) is 4.93. The van der Waals surface area contributed by atoms with Crippen LogP contribution in [0.5, 0.6) is 0 Å². The van der Waals surface area contributed by atoms with E-state index in [4.69, 9.17) is 4.74 Å². The molecule has 0 radical (unpaired) electrons. The van der Waals surface area contributed by atoms with Crippen molar-refractivity contribution in [2.45, 2.75) is 50.3 Å². The highest BCUT2D eigenvalue weighted by Crippen LogP contribution is 2.40. The quantitative estimate of drug-likeness (QED) is 0.794. The first-order valence-electron chi connectivity index (χ1n) is 11.0. The molecule has 1 aromatic heterocycles. The number of nitrogens with zero attached hydrogens (tertiary/aromatic N) is 3. The van der Waals surface area contributed by atoms with Crippen molar-refractivity contribution in [2.75, 3.05) is 38.7 Å². The van der Waals surface area contributed by atoms with Crippen molar-refractivity contribution >= 4 is 11.6 Å². The third-order valence-electron chi connectivity index (χ3n) is 6.97. The SMILES string of the molecule is CN(C)c1ccc(CN2CC[C@@]3(COCc4c(C(=O)NC5CCC5)n[nH]c43)C2)cc1. The Labute approximate surface area is 177 Å². The Morgan fingerprint density at radius 2 is 2.13 bits per heavy atom. The smallest absolute Gasteiger partial charge is 0.272 e. The molecule has 1 amide bonds.